The molecule has 0 spiro atoms. The lowest BCUT2D eigenvalue weighted by atomic mass is 10.00. The van der Waals surface area contributed by atoms with Crippen LogP contribution in [0, 0.1) is 20.8 Å². The zero-order valence-electron chi connectivity index (χ0n) is 12.8. The van der Waals surface area contributed by atoms with E-state index in [4.69, 9.17) is 4.74 Å². The maximum atomic E-state index is 5.37. The molecule has 0 fully saturated rings. The van der Waals surface area contributed by atoms with Crippen LogP contribution in [0.25, 0.3) is 0 Å². The summed E-state index contributed by atoms with van der Waals surface area (Å²) in [5.74, 6) is 0.942. The molecule has 1 N–H and O–H groups in total. The number of aryl methyl sites for hydroxylation is 3. The summed E-state index contributed by atoms with van der Waals surface area (Å²) in [4.78, 5) is 0. The number of ether oxygens (including phenoxy) is 1. The highest BCUT2D eigenvalue weighted by atomic mass is 16.5. The van der Waals surface area contributed by atoms with Gasteiger partial charge in [0.15, 0.2) is 0 Å². The van der Waals surface area contributed by atoms with Crippen molar-refractivity contribution in [2.24, 2.45) is 0 Å². The summed E-state index contributed by atoms with van der Waals surface area (Å²) in [6.07, 6.45) is 0. The van der Waals surface area contributed by atoms with Crippen molar-refractivity contribution >= 4 is 0 Å². The highest BCUT2D eigenvalue weighted by molar-refractivity contribution is 5.37. The molecule has 0 atom stereocenters. The van der Waals surface area contributed by atoms with Gasteiger partial charge in [-0.15, -0.1) is 0 Å². The van der Waals surface area contributed by atoms with Crippen LogP contribution in [-0.2, 0) is 13.1 Å². The molecule has 0 aromatic heterocycles. The van der Waals surface area contributed by atoms with Crippen LogP contribution < -0.4 is 10.1 Å². The van der Waals surface area contributed by atoms with Gasteiger partial charge in [0, 0.05) is 18.7 Å². The smallest absolute Gasteiger partial charge is 0.123 e. The van der Waals surface area contributed by atoms with Crippen LogP contribution in [-0.4, -0.2) is 7.11 Å². The third kappa shape index (κ3) is 3.40. The Morgan fingerprint density at radius 1 is 0.950 bits per heavy atom. The van der Waals surface area contributed by atoms with Gasteiger partial charge in [0.25, 0.3) is 0 Å². The first-order valence-corrected chi connectivity index (χ1v) is 7.01. The van der Waals surface area contributed by atoms with E-state index in [1.807, 2.05) is 18.2 Å². The molecule has 106 valence electrons. The number of nitrogens with one attached hydrogen (secondary N) is 1. The molecular weight excluding hydrogens is 246 g/mol. The molecule has 0 heterocycles. The van der Waals surface area contributed by atoms with Crippen LogP contribution in [0.1, 0.15) is 27.8 Å². The van der Waals surface area contributed by atoms with Crippen molar-refractivity contribution in [2.75, 3.05) is 7.11 Å². The first-order valence-electron chi connectivity index (χ1n) is 7.01. The van der Waals surface area contributed by atoms with Crippen molar-refractivity contribution in [3.05, 3.63) is 64.2 Å². The predicted molar refractivity (Wildman–Crippen MR) is 84.2 cm³/mol. The van der Waals surface area contributed by atoms with E-state index in [-0.39, 0.29) is 0 Å². The van der Waals surface area contributed by atoms with E-state index < -0.39 is 0 Å². The van der Waals surface area contributed by atoms with Crippen molar-refractivity contribution < 1.29 is 4.74 Å². The Morgan fingerprint density at radius 2 is 1.60 bits per heavy atom. The van der Waals surface area contributed by atoms with Gasteiger partial charge in [-0.25, -0.2) is 0 Å². The summed E-state index contributed by atoms with van der Waals surface area (Å²) < 4.78 is 5.37. The number of hydrogen-bond donors (Lipinski definition) is 1. The van der Waals surface area contributed by atoms with Crippen LogP contribution >= 0.6 is 0 Å². The molecule has 2 rings (SSSR count). The molecule has 2 nitrogen and oxygen atoms in total. The lowest BCUT2D eigenvalue weighted by molar-refractivity contribution is 0.407. The molecule has 0 saturated heterocycles. The number of para-hydroxylation sites is 1. The first-order chi connectivity index (χ1) is 9.61. The summed E-state index contributed by atoms with van der Waals surface area (Å²) in [5, 5.41) is 3.51. The summed E-state index contributed by atoms with van der Waals surface area (Å²) in [6.45, 7) is 8.21. The minimum Gasteiger partial charge on any atom is -0.496 e. The van der Waals surface area contributed by atoms with Crippen LogP contribution in [0.3, 0.4) is 0 Å². The third-order valence-electron chi connectivity index (χ3n) is 3.65. The van der Waals surface area contributed by atoms with Crippen molar-refractivity contribution in [2.45, 2.75) is 33.9 Å². The summed E-state index contributed by atoms with van der Waals surface area (Å²) >= 11 is 0. The fourth-order valence-corrected chi connectivity index (χ4v) is 2.66. The Morgan fingerprint density at radius 3 is 2.25 bits per heavy atom. The van der Waals surface area contributed by atoms with Crippen LogP contribution in [0.15, 0.2) is 36.4 Å². The molecule has 0 aliphatic rings. The average molecular weight is 269 g/mol. The third-order valence-corrected chi connectivity index (χ3v) is 3.65. The summed E-state index contributed by atoms with van der Waals surface area (Å²) in [7, 11) is 1.72. The van der Waals surface area contributed by atoms with Gasteiger partial charge in [-0.05, 0) is 43.5 Å². The molecule has 0 saturated carbocycles. The van der Waals surface area contributed by atoms with E-state index in [2.05, 4.69) is 44.3 Å². The quantitative estimate of drug-likeness (QED) is 0.888. The lowest BCUT2D eigenvalue weighted by Gasteiger charge is -2.13. The monoisotopic (exact) mass is 269 g/mol. The Balaban J connectivity index is 2.03. The fourth-order valence-electron chi connectivity index (χ4n) is 2.66. The molecule has 0 bridgehead atoms. The fraction of sp³-hybridized carbons (Fsp3) is 0.333. The van der Waals surface area contributed by atoms with E-state index in [9.17, 15) is 0 Å². The molecule has 0 amide bonds. The predicted octanol–water partition coefficient (Wildman–Crippen LogP) is 3.91. The van der Waals surface area contributed by atoms with Gasteiger partial charge >= 0.3 is 0 Å². The first kappa shape index (κ1) is 14.6. The van der Waals surface area contributed by atoms with Gasteiger partial charge in [0.05, 0.1) is 7.11 Å². The molecule has 2 heteroatoms. The SMILES string of the molecule is COc1ccccc1CNCc1c(C)cc(C)cc1C. The van der Waals surface area contributed by atoms with Gasteiger partial charge in [-0.1, -0.05) is 35.9 Å². The van der Waals surface area contributed by atoms with Crippen LogP contribution in [0.5, 0.6) is 5.75 Å². The molecule has 0 unspecified atom stereocenters. The van der Waals surface area contributed by atoms with Crippen molar-refractivity contribution in [3.63, 3.8) is 0 Å². The largest absolute Gasteiger partial charge is 0.496 e. The van der Waals surface area contributed by atoms with Gasteiger partial charge < -0.3 is 10.1 Å². The van der Waals surface area contributed by atoms with Gasteiger partial charge in [0.1, 0.15) is 5.75 Å². The van der Waals surface area contributed by atoms with Gasteiger partial charge in [-0.3, -0.25) is 0 Å². The maximum absolute atomic E-state index is 5.37. The second-order valence-corrected chi connectivity index (χ2v) is 5.29. The van der Waals surface area contributed by atoms with Crippen molar-refractivity contribution in [1.29, 1.82) is 0 Å². The number of rotatable bonds is 5. The van der Waals surface area contributed by atoms with E-state index in [1.165, 1.54) is 27.8 Å². The van der Waals surface area contributed by atoms with E-state index in [1.54, 1.807) is 7.11 Å². The minimum absolute atomic E-state index is 0.816. The zero-order chi connectivity index (χ0) is 14.5. The zero-order valence-corrected chi connectivity index (χ0v) is 12.8. The molecule has 0 aliphatic carbocycles. The average Bonchev–Trinajstić information content (AvgIpc) is 2.42. The lowest BCUT2D eigenvalue weighted by Crippen LogP contribution is -2.15. The van der Waals surface area contributed by atoms with Gasteiger partial charge in [-0.2, -0.15) is 0 Å². The summed E-state index contributed by atoms with van der Waals surface area (Å²) in [5.41, 5.74) is 6.63. The molecular formula is C18H23NO. The Kier molecular flexibility index (Phi) is 4.80. The van der Waals surface area contributed by atoms with Crippen molar-refractivity contribution in [1.82, 2.24) is 5.32 Å². The van der Waals surface area contributed by atoms with E-state index in [0.717, 1.165) is 18.8 Å². The molecule has 2 aromatic rings. The highest BCUT2D eigenvalue weighted by Gasteiger charge is 2.05. The number of benzene rings is 2. The van der Waals surface area contributed by atoms with E-state index in [0.29, 0.717) is 0 Å². The second-order valence-electron chi connectivity index (χ2n) is 5.29. The topological polar surface area (TPSA) is 21.3 Å². The normalized spacial score (nSPS) is 10.6. The van der Waals surface area contributed by atoms with Crippen LogP contribution in [0.4, 0.5) is 0 Å². The molecule has 0 aliphatic heterocycles. The Labute approximate surface area is 121 Å². The van der Waals surface area contributed by atoms with Gasteiger partial charge in [0.2, 0.25) is 0 Å². The summed E-state index contributed by atoms with van der Waals surface area (Å²) in [6, 6.07) is 12.6. The molecule has 0 radical (unpaired) electrons. The highest BCUT2D eigenvalue weighted by Crippen LogP contribution is 2.19. The maximum Gasteiger partial charge on any atom is 0.123 e. The Hall–Kier alpha value is -1.80. The van der Waals surface area contributed by atoms with Crippen molar-refractivity contribution in [3.8, 4) is 5.75 Å². The second kappa shape index (κ2) is 6.58. The number of hydrogen-bond acceptors (Lipinski definition) is 2. The number of methoxy groups -OCH3 is 1. The molecule has 2 aromatic carbocycles. The Bertz CT molecular complexity index is 567. The minimum atomic E-state index is 0.816. The molecule has 20 heavy (non-hydrogen) atoms. The standard InChI is InChI=1S/C18H23NO/c1-13-9-14(2)17(15(3)10-13)12-19-11-16-7-5-6-8-18(16)20-4/h5-10,19H,11-12H2,1-4H3. The van der Waals surface area contributed by atoms with E-state index >= 15 is 0 Å². The van der Waals surface area contributed by atoms with Crippen LogP contribution in [0.2, 0.25) is 0 Å².